The molecule has 0 aliphatic rings. The summed E-state index contributed by atoms with van der Waals surface area (Å²) in [4.78, 5) is 25.0. The van der Waals surface area contributed by atoms with Crippen LogP contribution in [0.1, 0.15) is 21.1 Å². The van der Waals surface area contributed by atoms with Crippen molar-refractivity contribution < 1.29 is 23.0 Å². The van der Waals surface area contributed by atoms with Gasteiger partial charge in [-0.15, -0.1) is 11.3 Å². The van der Waals surface area contributed by atoms with Crippen LogP contribution in [0.5, 0.6) is 0 Å². The summed E-state index contributed by atoms with van der Waals surface area (Å²) in [5, 5.41) is 25.5. The van der Waals surface area contributed by atoms with Crippen LogP contribution in [0, 0.1) is 34.1 Å². The first-order valence-electron chi connectivity index (χ1n) is 6.71. The van der Waals surface area contributed by atoms with Crippen molar-refractivity contribution in [2.24, 2.45) is 0 Å². The summed E-state index contributed by atoms with van der Waals surface area (Å²) in [6.07, 6.45) is -4.95. The molecule has 0 fully saturated rings. The molecule has 0 amide bonds. The van der Waals surface area contributed by atoms with E-state index in [4.69, 9.17) is 0 Å². The van der Waals surface area contributed by atoms with E-state index in [1.165, 1.54) is 11.3 Å². The first kappa shape index (κ1) is 18.6. The van der Waals surface area contributed by atoms with Gasteiger partial charge in [-0.2, -0.15) is 13.2 Å². The number of thiazole rings is 1. The highest BCUT2D eigenvalue weighted by Crippen LogP contribution is 2.41. The fourth-order valence-corrected chi connectivity index (χ4v) is 2.99. The van der Waals surface area contributed by atoms with E-state index in [1.54, 1.807) is 13.8 Å². The highest BCUT2D eigenvalue weighted by atomic mass is 32.1. The van der Waals surface area contributed by atoms with Crippen molar-refractivity contribution in [1.82, 2.24) is 4.98 Å². The summed E-state index contributed by atoms with van der Waals surface area (Å²) in [6.45, 7) is 3.39. The van der Waals surface area contributed by atoms with Crippen LogP contribution in [0.25, 0.3) is 0 Å². The number of alkyl halides is 3. The third-order valence-corrected chi connectivity index (χ3v) is 4.18. The Morgan fingerprint density at radius 2 is 1.68 bits per heavy atom. The van der Waals surface area contributed by atoms with Crippen LogP contribution in [0.2, 0.25) is 0 Å². The van der Waals surface area contributed by atoms with Gasteiger partial charge in [0.25, 0.3) is 11.4 Å². The summed E-state index contributed by atoms with van der Waals surface area (Å²) in [7, 11) is 0. The van der Waals surface area contributed by atoms with Gasteiger partial charge in [0.1, 0.15) is 0 Å². The molecule has 0 saturated carbocycles. The summed E-state index contributed by atoms with van der Waals surface area (Å²) in [5.41, 5.74) is -3.59. The average molecular weight is 376 g/mol. The second-order valence-corrected chi connectivity index (χ2v) is 6.40. The molecule has 8 nitrogen and oxygen atoms in total. The fourth-order valence-electron chi connectivity index (χ4n) is 2.15. The second kappa shape index (κ2) is 6.63. The number of hydrogen-bond acceptors (Lipinski definition) is 7. The molecule has 25 heavy (non-hydrogen) atoms. The van der Waals surface area contributed by atoms with Crippen LogP contribution in [0.3, 0.4) is 0 Å². The summed E-state index contributed by atoms with van der Waals surface area (Å²) >= 11 is 1.36. The van der Waals surface area contributed by atoms with E-state index < -0.39 is 38.6 Å². The van der Waals surface area contributed by atoms with Gasteiger partial charge in [0.15, 0.2) is 5.69 Å². The largest absolute Gasteiger partial charge is 0.416 e. The minimum Gasteiger partial charge on any atom is -0.368 e. The highest BCUT2D eigenvalue weighted by Gasteiger charge is 2.37. The van der Waals surface area contributed by atoms with Gasteiger partial charge < -0.3 is 5.32 Å². The lowest BCUT2D eigenvalue weighted by molar-refractivity contribution is -0.392. The number of nitrogens with one attached hydrogen (secondary N) is 1. The highest BCUT2D eigenvalue weighted by molar-refractivity contribution is 7.11. The quantitative estimate of drug-likeness (QED) is 0.618. The van der Waals surface area contributed by atoms with E-state index in [2.05, 4.69) is 10.3 Å². The van der Waals surface area contributed by atoms with Gasteiger partial charge >= 0.3 is 6.18 Å². The maximum atomic E-state index is 12.8. The second-order valence-electron chi connectivity index (χ2n) is 4.99. The molecule has 1 aromatic heterocycles. The van der Waals surface area contributed by atoms with Gasteiger partial charge in [0, 0.05) is 17.0 Å². The molecule has 12 heteroatoms. The van der Waals surface area contributed by atoms with Gasteiger partial charge in [-0.3, -0.25) is 20.2 Å². The Kier molecular flexibility index (Phi) is 4.92. The van der Waals surface area contributed by atoms with E-state index in [0.29, 0.717) is 5.69 Å². The van der Waals surface area contributed by atoms with Crippen molar-refractivity contribution in [1.29, 1.82) is 0 Å². The minimum absolute atomic E-state index is 0.0940. The number of nitro benzene ring substituents is 2. The van der Waals surface area contributed by atoms with Crippen LogP contribution >= 0.6 is 11.3 Å². The molecule has 1 aromatic carbocycles. The molecule has 0 aliphatic carbocycles. The first-order chi connectivity index (χ1) is 11.5. The van der Waals surface area contributed by atoms with Gasteiger partial charge in [-0.05, 0) is 13.8 Å². The molecule has 1 N–H and O–H groups in total. The SMILES string of the molecule is Cc1nc(CNc2c([N+](=O)[O-])cc(C(F)(F)F)cc2[N+](=O)[O-])c(C)s1. The van der Waals surface area contributed by atoms with E-state index in [-0.39, 0.29) is 18.7 Å². The minimum atomic E-state index is -4.95. The van der Waals surface area contributed by atoms with Crippen LogP contribution in [0.4, 0.5) is 30.2 Å². The monoisotopic (exact) mass is 376 g/mol. The zero-order valence-electron chi connectivity index (χ0n) is 12.9. The maximum absolute atomic E-state index is 12.8. The molecule has 0 atom stereocenters. The number of rotatable bonds is 5. The van der Waals surface area contributed by atoms with Crippen molar-refractivity contribution in [3.8, 4) is 0 Å². The number of aromatic nitrogens is 1. The molecular formula is C13H11F3N4O4S. The van der Waals surface area contributed by atoms with Gasteiger partial charge in [0.2, 0.25) is 0 Å². The van der Waals surface area contributed by atoms with Crippen molar-refractivity contribution in [2.75, 3.05) is 5.32 Å². The Labute approximate surface area is 142 Å². The predicted molar refractivity (Wildman–Crippen MR) is 83.7 cm³/mol. The molecule has 2 aromatic rings. The molecule has 0 spiro atoms. The zero-order chi connectivity index (χ0) is 18.9. The van der Waals surface area contributed by atoms with Crippen molar-refractivity contribution >= 4 is 28.4 Å². The molecule has 0 radical (unpaired) electrons. The van der Waals surface area contributed by atoms with E-state index in [1.807, 2.05) is 0 Å². The Morgan fingerprint density at radius 1 is 1.16 bits per heavy atom. The third kappa shape index (κ3) is 4.02. The number of aryl methyl sites for hydroxylation is 2. The lowest BCUT2D eigenvalue weighted by Gasteiger charge is -2.11. The van der Waals surface area contributed by atoms with E-state index in [0.717, 1.165) is 9.88 Å². The van der Waals surface area contributed by atoms with E-state index >= 15 is 0 Å². The van der Waals surface area contributed by atoms with Crippen LogP contribution in [-0.2, 0) is 12.7 Å². The Balaban J connectivity index is 2.52. The Bertz CT molecular complexity index is 815. The number of nitrogens with zero attached hydrogens (tertiary/aromatic N) is 3. The fraction of sp³-hybridized carbons (Fsp3) is 0.308. The first-order valence-corrected chi connectivity index (χ1v) is 7.53. The van der Waals surface area contributed by atoms with Crippen LogP contribution < -0.4 is 5.32 Å². The molecular weight excluding hydrogens is 365 g/mol. The molecule has 2 rings (SSSR count). The normalized spacial score (nSPS) is 11.4. The zero-order valence-corrected chi connectivity index (χ0v) is 13.7. The lowest BCUT2D eigenvalue weighted by atomic mass is 10.1. The van der Waals surface area contributed by atoms with Crippen molar-refractivity contribution in [3.05, 3.63) is 53.5 Å². The van der Waals surface area contributed by atoms with Gasteiger partial charge in [-0.25, -0.2) is 4.98 Å². The number of halogens is 3. The molecule has 0 saturated heterocycles. The number of nitro groups is 2. The van der Waals surface area contributed by atoms with Gasteiger partial charge in [0.05, 0.1) is 32.7 Å². The predicted octanol–water partition coefficient (Wildman–Crippen LogP) is 4.21. The average Bonchev–Trinajstić information content (AvgIpc) is 2.80. The van der Waals surface area contributed by atoms with Crippen LogP contribution in [0.15, 0.2) is 12.1 Å². The summed E-state index contributed by atoms with van der Waals surface area (Å²) in [5.74, 6) is 0. The third-order valence-electron chi connectivity index (χ3n) is 3.25. The van der Waals surface area contributed by atoms with Crippen molar-refractivity contribution in [2.45, 2.75) is 26.6 Å². The summed E-state index contributed by atoms with van der Waals surface area (Å²) in [6, 6.07) is 0.545. The number of anilines is 1. The summed E-state index contributed by atoms with van der Waals surface area (Å²) < 4.78 is 38.5. The number of hydrogen-bond donors (Lipinski definition) is 1. The standard InChI is InChI=1S/C13H11F3N4O4S/c1-6-9(18-7(2)25-6)5-17-12-10(19(21)22)3-8(13(14,15)16)4-11(12)20(23)24/h3-4,17H,5H2,1-2H3. The topological polar surface area (TPSA) is 111 Å². The van der Waals surface area contributed by atoms with Crippen LogP contribution in [-0.4, -0.2) is 14.8 Å². The lowest BCUT2D eigenvalue weighted by Crippen LogP contribution is -2.11. The Hall–Kier alpha value is -2.76. The van der Waals surface area contributed by atoms with Gasteiger partial charge in [-0.1, -0.05) is 0 Å². The molecule has 0 aliphatic heterocycles. The molecule has 0 unspecified atom stereocenters. The smallest absolute Gasteiger partial charge is 0.368 e. The Morgan fingerprint density at radius 3 is 2.04 bits per heavy atom. The molecule has 0 bridgehead atoms. The molecule has 134 valence electrons. The number of benzene rings is 1. The van der Waals surface area contributed by atoms with Crippen molar-refractivity contribution in [3.63, 3.8) is 0 Å². The van der Waals surface area contributed by atoms with E-state index in [9.17, 15) is 33.4 Å². The molecule has 1 heterocycles. The maximum Gasteiger partial charge on any atom is 0.416 e.